The number of likely N-dealkylation sites (tertiary alicyclic amines) is 2. The summed E-state index contributed by atoms with van der Waals surface area (Å²) >= 11 is 2.26. The van der Waals surface area contributed by atoms with Crippen molar-refractivity contribution in [2.75, 3.05) is 6.54 Å². The van der Waals surface area contributed by atoms with Gasteiger partial charge in [0.1, 0.15) is 0 Å². The summed E-state index contributed by atoms with van der Waals surface area (Å²) in [6.07, 6.45) is 0. The Hall–Kier alpha value is -1.83. The fourth-order valence-electron chi connectivity index (χ4n) is 4.16. The maximum atomic E-state index is 14.8. The first-order chi connectivity index (χ1) is 12.1. The van der Waals surface area contributed by atoms with Crippen molar-refractivity contribution in [1.82, 2.24) is 9.80 Å². The van der Waals surface area contributed by atoms with Gasteiger partial charge in [0, 0.05) is 12.6 Å². The van der Waals surface area contributed by atoms with Crippen molar-refractivity contribution in [3.63, 3.8) is 0 Å². The molecule has 0 spiro atoms. The molecule has 3 rings (SSSR count). The lowest BCUT2D eigenvalue weighted by atomic mass is 9.75. The number of hydrogen-bond acceptors (Lipinski definition) is 3. The predicted octanol–water partition coefficient (Wildman–Crippen LogP) is 2.96. The van der Waals surface area contributed by atoms with Crippen molar-refractivity contribution in [2.24, 2.45) is 11.3 Å². The molecule has 5 nitrogen and oxygen atoms in total. The van der Waals surface area contributed by atoms with E-state index in [0.29, 0.717) is 5.56 Å². The molecule has 1 aromatic carbocycles. The van der Waals surface area contributed by atoms with Crippen LogP contribution >= 0.6 is 15.9 Å². The molecular formula is C18H19BrF2N2O3. The van der Waals surface area contributed by atoms with Gasteiger partial charge in [0.2, 0.25) is 17.2 Å². The minimum Gasteiger partial charge on any atom is -0.331 e. The maximum absolute atomic E-state index is 14.8. The highest BCUT2D eigenvalue weighted by atomic mass is 79.9. The smallest absolute Gasteiger partial charge is 0.325 e. The van der Waals surface area contributed by atoms with Crippen LogP contribution in [-0.4, -0.2) is 44.9 Å². The summed E-state index contributed by atoms with van der Waals surface area (Å²) in [6, 6.07) is 7.16. The van der Waals surface area contributed by atoms with Gasteiger partial charge in [-0.25, -0.2) is 0 Å². The first-order valence-electron chi connectivity index (χ1n) is 8.40. The van der Waals surface area contributed by atoms with E-state index in [-0.39, 0.29) is 6.54 Å². The average molecular weight is 429 g/mol. The summed E-state index contributed by atoms with van der Waals surface area (Å²) < 4.78 is 29.5. The monoisotopic (exact) mass is 428 g/mol. The number of alkyl halides is 3. The van der Waals surface area contributed by atoms with Gasteiger partial charge in [-0.1, -0.05) is 30.3 Å². The summed E-state index contributed by atoms with van der Waals surface area (Å²) in [4.78, 5) is 37.2. The highest BCUT2D eigenvalue weighted by Gasteiger charge is 2.81. The van der Waals surface area contributed by atoms with Crippen LogP contribution in [0.3, 0.4) is 0 Å². The van der Waals surface area contributed by atoms with Crippen molar-refractivity contribution < 1.29 is 23.2 Å². The van der Waals surface area contributed by atoms with Gasteiger partial charge < -0.3 is 4.90 Å². The Balaban J connectivity index is 2.31. The zero-order chi connectivity index (χ0) is 19.4. The SMILES string of the molecule is CCN1C(=O)[C@H]2[C@@H](c3ccccc3)N(C(C)C)C(=O)[C@@]2(C(F)(F)Br)C1=O. The molecule has 3 atom stereocenters. The Bertz CT molecular complexity index is 765. The maximum Gasteiger partial charge on any atom is 0.325 e. The first-order valence-corrected chi connectivity index (χ1v) is 9.20. The minimum absolute atomic E-state index is 0.0601. The molecule has 0 N–H and O–H groups in total. The molecule has 1 aromatic rings. The zero-order valence-corrected chi connectivity index (χ0v) is 16.2. The van der Waals surface area contributed by atoms with Crippen LogP contribution in [0.1, 0.15) is 32.4 Å². The summed E-state index contributed by atoms with van der Waals surface area (Å²) in [7, 11) is 0. The van der Waals surface area contributed by atoms with E-state index in [9.17, 15) is 23.2 Å². The number of halogens is 3. The molecular weight excluding hydrogens is 410 g/mol. The van der Waals surface area contributed by atoms with Crippen LogP contribution in [0.4, 0.5) is 8.78 Å². The number of benzene rings is 1. The zero-order valence-electron chi connectivity index (χ0n) is 14.6. The second-order valence-electron chi connectivity index (χ2n) is 6.83. The lowest BCUT2D eigenvalue weighted by molar-refractivity contribution is -0.161. The molecule has 2 aliphatic rings. The summed E-state index contributed by atoms with van der Waals surface area (Å²) in [6.45, 7) is 4.83. The molecule has 0 aliphatic carbocycles. The van der Waals surface area contributed by atoms with E-state index in [1.54, 1.807) is 44.2 Å². The van der Waals surface area contributed by atoms with Crippen LogP contribution in [-0.2, 0) is 14.4 Å². The molecule has 140 valence electrons. The lowest BCUT2D eigenvalue weighted by Gasteiger charge is -2.32. The van der Waals surface area contributed by atoms with Crippen LogP contribution in [0.15, 0.2) is 30.3 Å². The van der Waals surface area contributed by atoms with E-state index >= 15 is 0 Å². The van der Waals surface area contributed by atoms with E-state index in [1.807, 2.05) is 0 Å². The third-order valence-corrected chi connectivity index (χ3v) is 5.85. The number of nitrogens with zero attached hydrogens (tertiary/aromatic N) is 2. The standard InChI is InChI=1S/C18H19BrF2N2O3/c1-4-22-14(24)12-13(11-8-6-5-7-9-11)23(10(2)3)16(26)17(12,15(22)25)18(19,20)21/h5-10,12-13H,4H2,1-3H3/t12-,13-,17+/m1/s1. The molecule has 2 aliphatic heterocycles. The molecule has 0 aromatic heterocycles. The summed E-state index contributed by atoms with van der Waals surface area (Å²) in [5.74, 6) is -4.36. The van der Waals surface area contributed by atoms with E-state index in [1.165, 1.54) is 11.8 Å². The van der Waals surface area contributed by atoms with E-state index in [0.717, 1.165) is 4.90 Å². The number of hydrogen-bond donors (Lipinski definition) is 0. The Kier molecular flexibility index (Phi) is 4.45. The number of fused-ring (bicyclic) bond motifs is 1. The molecule has 2 saturated heterocycles. The van der Waals surface area contributed by atoms with Crippen molar-refractivity contribution in [3.8, 4) is 0 Å². The lowest BCUT2D eigenvalue weighted by Crippen LogP contribution is -2.53. The molecule has 8 heteroatoms. The number of imide groups is 1. The Morgan fingerprint density at radius 2 is 1.73 bits per heavy atom. The van der Waals surface area contributed by atoms with Gasteiger partial charge in [0.05, 0.1) is 12.0 Å². The highest BCUT2D eigenvalue weighted by Crippen LogP contribution is 2.63. The number of amides is 3. The number of rotatable bonds is 4. The predicted molar refractivity (Wildman–Crippen MR) is 93.4 cm³/mol. The highest BCUT2D eigenvalue weighted by molar-refractivity contribution is 9.10. The molecule has 26 heavy (non-hydrogen) atoms. The fourth-order valence-corrected chi connectivity index (χ4v) is 4.75. The first kappa shape index (κ1) is 18.9. The normalized spacial score (nSPS) is 29.1. The quantitative estimate of drug-likeness (QED) is 0.420. The van der Waals surface area contributed by atoms with Crippen molar-refractivity contribution >= 4 is 33.7 Å². The summed E-state index contributed by atoms with van der Waals surface area (Å²) in [5, 5.41) is 0. The fraction of sp³-hybridized carbons (Fsp3) is 0.500. The number of carbonyl (C=O) groups excluding carboxylic acids is 3. The van der Waals surface area contributed by atoms with Crippen LogP contribution in [0.25, 0.3) is 0 Å². The topological polar surface area (TPSA) is 57.7 Å². The van der Waals surface area contributed by atoms with Crippen LogP contribution in [0.2, 0.25) is 0 Å². The van der Waals surface area contributed by atoms with E-state index < -0.39 is 46.0 Å². The third-order valence-electron chi connectivity index (χ3n) is 5.23. The van der Waals surface area contributed by atoms with Gasteiger partial charge in [0.25, 0.3) is 5.91 Å². The van der Waals surface area contributed by atoms with Gasteiger partial charge >= 0.3 is 4.83 Å². The molecule has 0 saturated carbocycles. The van der Waals surface area contributed by atoms with Crippen molar-refractivity contribution in [1.29, 1.82) is 0 Å². The second-order valence-corrected chi connectivity index (χ2v) is 7.83. The molecule has 2 heterocycles. The molecule has 2 fully saturated rings. The average Bonchev–Trinajstić information content (AvgIpc) is 2.97. The van der Waals surface area contributed by atoms with Gasteiger partial charge in [-0.3, -0.25) is 19.3 Å². The largest absolute Gasteiger partial charge is 0.331 e. The summed E-state index contributed by atoms with van der Waals surface area (Å²) in [5.41, 5.74) is -2.21. The Labute approximate surface area is 158 Å². The van der Waals surface area contributed by atoms with Gasteiger partial charge in [-0.05, 0) is 42.3 Å². The van der Waals surface area contributed by atoms with Crippen LogP contribution in [0, 0.1) is 11.3 Å². The van der Waals surface area contributed by atoms with Gasteiger partial charge in [-0.15, -0.1) is 0 Å². The van der Waals surface area contributed by atoms with Crippen LogP contribution in [0.5, 0.6) is 0 Å². The molecule has 0 bridgehead atoms. The minimum atomic E-state index is -3.85. The van der Waals surface area contributed by atoms with Crippen LogP contribution < -0.4 is 0 Å². The van der Waals surface area contributed by atoms with Gasteiger partial charge in [0.15, 0.2) is 0 Å². The Morgan fingerprint density at radius 3 is 2.19 bits per heavy atom. The van der Waals surface area contributed by atoms with E-state index in [4.69, 9.17) is 0 Å². The van der Waals surface area contributed by atoms with Crippen molar-refractivity contribution in [2.45, 2.75) is 37.7 Å². The van der Waals surface area contributed by atoms with Gasteiger partial charge in [-0.2, -0.15) is 8.78 Å². The van der Waals surface area contributed by atoms with Crippen molar-refractivity contribution in [3.05, 3.63) is 35.9 Å². The third kappa shape index (κ3) is 2.20. The van der Waals surface area contributed by atoms with E-state index in [2.05, 4.69) is 15.9 Å². The number of carbonyl (C=O) groups is 3. The molecule has 0 radical (unpaired) electrons. The Morgan fingerprint density at radius 1 is 1.15 bits per heavy atom. The molecule has 3 amide bonds. The molecule has 0 unspecified atom stereocenters. The second kappa shape index (κ2) is 6.11.